The molecule has 0 spiro atoms. The summed E-state index contributed by atoms with van der Waals surface area (Å²) in [7, 11) is 0. The van der Waals surface area contributed by atoms with Crippen LogP contribution in [0, 0.1) is 0 Å². The Bertz CT molecular complexity index is 882. The maximum Gasteiger partial charge on any atom is 0.274 e. The maximum atomic E-state index is 12.3. The average Bonchev–Trinajstić information content (AvgIpc) is 3.09. The molecule has 2 aliphatic rings. The summed E-state index contributed by atoms with van der Waals surface area (Å²) in [5, 5.41) is 8.42. The van der Waals surface area contributed by atoms with Crippen molar-refractivity contribution in [2.24, 2.45) is 0 Å². The summed E-state index contributed by atoms with van der Waals surface area (Å²) < 4.78 is 10.8. The van der Waals surface area contributed by atoms with Crippen LogP contribution < -0.4 is 19.9 Å². The van der Waals surface area contributed by atoms with Gasteiger partial charge in [-0.25, -0.2) is 0 Å². The Hall–Kier alpha value is -2.61. The minimum absolute atomic E-state index is 0.157. The number of rotatable bonds is 3. The average molecular weight is 371 g/mol. The van der Waals surface area contributed by atoms with Crippen LogP contribution in [0.3, 0.4) is 0 Å². The van der Waals surface area contributed by atoms with Crippen molar-refractivity contribution in [1.29, 1.82) is 0 Å². The largest absolute Gasteiger partial charge is 0.454 e. The van der Waals surface area contributed by atoms with Crippen LogP contribution in [-0.2, 0) is 12.0 Å². The van der Waals surface area contributed by atoms with Gasteiger partial charge in [-0.1, -0.05) is 26.8 Å². The minimum atomic E-state index is -0.317. The Morgan fingerprint density at radius 3 is 2.52 bits per heavy atom. The van der Waals surface area contributed by atoms with Crippen LogP contribution >= 0.6 is 0 Å². The summed E-state index contributed by atoms with van der Waals surface area (Å²) in [4.78, 5) is 19.7. The van der Waals surface area contributed by atoms with Gasteiger partial charge in [0.1, 0.15) is 5.69 Å². The number of nitrogens with zero attached hydrogens (tertiary/aromatic N) is 4. The van der Waals surface area contributed by atoms with Crippen LogP contribution in [0.15, 0.2) is 23.0 Å². The highest BCUT2D eigenvalue weighted by atomic mass is 16.7. The van der Waals surface area contributed by atoms with Crippen molar-refractivity contribution >= 4 is 5.95 Å². The topological polar surface area (TPSA) is 83.6 Å². The van der Waals surface area contributed by atoms with Crippen molar-refractivity contribution in [2.45, 2.75) is 32.7 Å². The van der Waals surface area contributed by atoms with Crippen molar-refractivity contribution < 1.29 is 9.47 Å². The van der Waals surface area contributed by atoms with Crippen LogP contribution in [-0.4, -0.2) is 53.1 Å². The summed E-state index contributed by atoms with van der Waals surface area (Å²) in [6.07, 6.45) is 0. The molecule has 1 aromatic heterocycles. The van der Waals surface area contributed by atoms with Gasteiger partial charge >= 0.3 is 0 Å². The lowest BCUT2D eigenvalue weighted by atomic mass is 9.93. The van der Waals surface area contributed by atoms with E-state index in [1.807, 2.05) is 32.9 Å². The fraction of sp³-hybridized carbons (Fsp3) is 0.526. The van der Waals surface area contributed by atoms with Crippen LogP contribution in [0.1, 0.15) is 32.0 Å². The first-order valence-corrected chi connectivity index (χ1v) is 9.23. The molecule has 144 valence electrons. The van der Waals surface area contributed by atoms with E-state index < -0.39 is 0 Å². The summed E-state index contributed by atoms with van der Waals surface area (Å²) in [5.41, 5.74) is 1.20. The second-order valence-electron chi connectivity index (χ2n) is 8.03. The standard InChI is InChI=1S/C19H25N5O3/c1-19(2,3)16-17(25)20-18(22-21-16)24-8-6-23(7-9-24)11-13-4-5-14-15(10-13)27-12-26-14/h4-5,10H,6-9,11-12H2,1-3H3,(H,20,22,25). The van der Waals surface area contributed by atoms with Crippen LogP contribution in [0.4, 0.5) is 5.95 Å². The fourth-order valence-electron chi connectivity index (χ4n) is 3.38. The van der Waals surface area contributed by atoms with E-state index in [0.717, 1.165) is 44.2 Å². The molecule has 2 aromatic rings. The van der Waals surface area contributed by atoms with Gasteiger partial charge in [0.25, 0.3) is 5.56 Å². The number of ether oxygens (including phenoxy) is 2. The number of aromatic nitrogens is 3. The van der Waals surface area contributed by atoms with Crippen molar-refractivity contribution in [3.8, 4) is 11.5 Å². The Labute approximate surface area is 158 Å². The molecule has 0 radical (unpaired) electrons. The molecule has 2 aliphatic heterocycles. The van der Waals surface area contributed by atoms with E-state index in [0.29, 0.717) is 18.4 Å². The monoisotopic (exact) mass is 371 g/mol. The summed E-state index contributed by atoms with van der Waals surface area (Å²) in [5.74, 6) is 2.18. The van der Waals surface area contributed by atoms with Gasteiger partial charge in [-0.05, 0) is 17.7 Å². The van der Waals surface area contributed by atoms with Crippen LogP contribution in [0.2, 0.25) is 0 Å². The van der Waals surface area contributed by atoms with Crippen LogP contribution in [0.5, 0.6) is 11.5 Å². The van der Waals surface area contributed by atoms with E-state index in [2.05, 4.69) is 31.0 Å². The van der Waals surface area contributed by atoms with E-state index in [1.54, 1.807) is 0 Å². The Balaban J connectivity index is 1.38. The van der Waals surface area contributed by atoms with Gasteiger partial charge in [-0.15, -0.1) is 10.2 Å². The minimum Gasteiger partial charge on any atom is -0.454 e. The molecular weight excluding hydrogens is 346 g/mol. The molecule has 0 atom stereocenters. The van der Waals surface area contributed by atoms with E-state index in [9.17, 15) is 4.79 Å². The van der Waals surface area contributed by atoms with Gasteiger partial charge in [-0.3, -0.25) is 14.7 Å². The molecular formula is C19H25N5O3. The van der Waals surface area contributed by atoms with Crippen molar-refractivity contribution in [2.75, 3.05) is 37.9 Å². The number of fused-ring (bicyclic) bond motifs is 1. The van der Waals surface area contributed by atoms with Gasteiger partial charge in [0.05, 0.1) is 0 Å². The lowest BCUT2D eigenvalue weighted by molar-refractivity contribution is 0.174. The molecule has 0 saturated carbocycles. The summed E-state index contributed by atoms with van der Waals surface area (Å²) in [6.45, 7) is 10.4. The van der Waals surface area contributed by atoms with Gasteiger partial charge in [0.2, 0.25) is 12.7 Å². The molecule has 0 unspecified atom stereocenters. The number of piperazine rings is 1. The number of benzene rings is 1. The molecule has 0 bridgehead atoms. The molecule has 3 heterocycles. The smallest absolute Gasteiger partial charge is 0.274 e. The highest BCUT2D eigenvalue weighted by Crippen LogP contribution is 2.32. The normalized spacial score (nSPS) is 17.4. The van der Waals surface area contributed by atoms with E-state index >= 15 is 0 Å². The molecule has 27 heavy (non-hydrogen) atoms. The molecule has 8 nitrogen and oxygen atoms in total. The van der Waals surface area contributed by atoms with Crippen LogP contribution in [0.25, 0.3) is 0 Å². The molecule has 1 saturated heterocycles. The third kappa shape index (κ3) is 3.75. The van der Waals surface area contributed by atoms with Gasteiger partial charge < -0.3 is 14.4 Å². The fourth-order valence-corrected chi connectivity index (χ4v) is 3.38. The molecule has 1 fully saturated rings. The number of nitrogens with one attached hydrogen (secondary N) is 1. The molecule has 4 rings (SSSR count). The molecule has 1 N–H and O–H groups in total. The van der Waals surface area contributed by atoms with E-state index in [1.165, 1.54) is 5.56 Å². The van der Waals surface area contributed by atoms with Gasteiger partial charge in [0, 0.05) is 38.1 Å². The first kappa shape index (κ1) is 17.8. The summed E-state index contributed by atoms with van der Waals surface area (Å²) >= 11 is 0. The second kappa shape index (κ2) is 6.84. The Morgan fingerprint density at radius 1 is 1.07 bits per heavy atom. The predicted molar refractivity (Wildman–Crippen MR) is 101 cm³/mol. The van der Waals surface area contributed by atoms with Crippen molar-refractivity contribution in [3.05, 3.63) is 39.8 Å². The number of hydrogen-bond acceptors (Lipinski definition) is 7. The number of H-pyrrole nitrogens is 1. The zero-order valence-corrected chi connectivity index (χ0v) is 16.0. The molecule has 8 heteroatoms. The summed E-state index contributed by atoms with van der Waals surface area (Å²) in [6, 6.07) is 6.09. The number of aromatic amines is 1. The highest BCUT2D eigenvalue weighted by Gasteiger charge is 2.24. The maximum absolute atomic E-state index is 12.3. The van der Waals surface area contributed by atoms with Gasteiger partial charge in [-0.2, -0.15) is 0 Å². The molecule has 0 aliphatic carbocycles. The third-order valence-electron chi connectivity index (χ3n) is 4.91. The first-order valence-electron chi connectivity index (χ1n) is 9.23. The lowest BCUT2D eigenvalue weighted by Crippen LogP contribution is -2.47. The first-order chi connectivity index (χ1) is 12.9. The highest BCUT2D eigenvalue weighted by molar-refractivity contribution is 5.44. The molecule has 1 aromatic carbocycles. The third-order valence-corrected chi connectivity index (χ3v) is 4.91. The lowest BCUT2D eigenvalue weighted by Gasteiger charge is -2.34. The second-order valence-corrected chi connectivity index (χ2v) is 8.03. The quantitative estimate of drug-likeness (QED) is 0.876. The van der Waals surface area contributed by atoms with E-state index in [4.69, 9.17) is 9.47 Å². The van der Waals surface area contributed by atoms with Gasteiger partial charge in [0.15, 0.2) is 11.5 Å². The van der Waals surface area contributed by atoms with Crippen molar-refractivity contribution in [3.63, 3.8) is 0 Å². The van der Waals surface area contributed by atoms with Crippen molar-refractivity contribution in [1.82, 2.24) is 20.1 Å². The predicted octanol–water partition coefficient (Wildman–Crippen LogP) is 1.51. The Morgan fingerprint density at radius 2 is 1.81 bits per heavy atom. The molecule has 0 amide bonds. The number of hydrogen-bond donors (Lipinski definition) is 1. The zero-order valence-electron chi connectivity index (χ0n) is 16.0. The zero-order chi connectivity index (χ0) is 19.0. The number of anilines is 1. The van der Waals surface area contributed by atoms with E-state index in [-0.39, 0.29) is 11.0 Å². The SMILES string of the molecule is CC(C)(C)c1nnc(N2CCN(Cc3ccc4c(c3)OCO4)CC2)[nH]c1=O. The Kier molecular flexibility index (Phi) is 4.51.